The topological polar surface area (TPSA) is 204 Å². The second-order valence-corrected chi connectivity index (χ2v) is 12.8. The first-order valence-electron chi connectivity index (χ1n) is 20.3. The average molecular weight is 813 g/mol. The van der Waals surface area contributed by atoms with E-state index < -0.39 is 0 Å². The van der Waals surface area contributed by atoms with Crippen LogP contribution in [0, 0.1) is 0 Å². The molecule has 0 saturated heterocycles. The van der Waals surface area contributed by atoms with Crippen LogP contribution in [0.15, 0.2) is 0 Å². The third-order valence-corrected chi connectivity index (χ3v) is 5.83. The van der Waals surface area contributed by atoms with Crippen molar-refractivity contribution in [1.29, 1.82) is 0 Å². The van der Waals surface area contributed by atoms with Crippen molar-refractivity contribution in [1.82, 2.24) is 0 Å². The van der Waals surface area contributed by atoms with Crippen molar-refractivity contribution in [2.75, 3.05) is 132 Å². The summed E-state index contributed by atoms with van der Waals surface area (Å²) < 4.78 is 45.7. The molecule has 6 N–H and O–H groups in total. The summed E-state index contributed by atoms with van der Waals surface area (Å²) in [4.78, 5) is 0. The summed E-state index contributed by atoms with van der Waals surface area (Å²) >= 11 is 0. The minimum atomic E-state index is -0.108. The molecule has 0 aliphatic carbocycles. The van der Waals surface area contributed by atoms with Gasteiger partial charge in [-0.25, -0.2) is 0 Å². The van der Waals surface area contributed by atoms with E-state index in [9.17, 15) is 0 Å². The van der Waals surface area contributed by atoms with Gasteiger partial charge in [-0.2, -0.15) is 0 Å². The van der Waals surface area contributed by atoms with Crippen molar-refractivity contribution >= 4 is 0 Å². The van der Waals surface area contributed by atoms with Gasteiger partial charge in [-0.05, 0) is 74.1 Å². The summed E-state index contributed by atoms with van der Waals surface area (Å²) in [7, 11) is 0. The fraction of sp³-hybridized carbons (Fsp3) is 1.00. The summed E-state index contributed by atoms with van der Waals surface area (Å²) in [6, 6.07) is 0. The summed E-state index contributed by atoms with van der Waals surface area (Å²) in [5, 5.41) is 49.4. The minimum absolute atomic E-state index is 0.0278. The molecule has 15 heteroatoms. The number of rotatable bonds is 31. The van der Waals surface area contributed by atoms with E-state index in [-0.39, 0.29) is 51.3 Å². The molecule has 0 rings (SSSR count). The Bertz CT molecular complexity index is 557. The molecular weight excluding hydrogens is 720 g/mol. The van der Waals surface area contributed by atoms with Crippen molar-refractivity contribution in [3.8, 4) is 0 Å². The Hall–Kier alpha value is -0.600. The number of unbranched alkanes of at least 4 members (excludes halogenated alkanes) is 1. The molecule has 0 bridgehead atoms. The highest BCUT2D eigenvalue weighted by Crippen LogP contribution is 2.05. The number of aliphatic hydroxyl groups excluding tert-OH is 6. The zero-order chi connectivity index (χ0) is 43.3. The van der Waals surface area contributed by atoms with Gasteiger partial charge >= 0.3 is 0 Å². The lowest BCUT2D eigenvalue weighted by Crippen LogP contribution is -2.20. The fourth-order valence-electron chi connectivity index (χ4n) is 2.85. The molecule has 0 aliphatic rings. The quantitative estimate of drug-likeness (QED) is 0.0547. The smallest absolute Gasteiger partial charge is 0.0704 e. The van der Waals surface area contributed by atoms with Gasteiger partial charge in [-0.1, -0.05) is 34.1 Å². The van der Waals surface area contributed by atoms with Crippen LogP contribution in [-0.2, 0) is 42.6 Å². The Balaban J connectivity index is -0.000000132. The Kier molecular flexibility index (Phi) is 75.4. The molecule has 0 aromatic heterocycles. The maximum atomic E-state index is 8.34. The summed E-state index contributed by atoms with van der Waals surface area (Å²) in [6.45, 7) is 30.5. The van der Waals surface area contributed by atoms with Crippen LogP contribution >= 0.6 is 0 Å². The van der Waals surface area contributed by atoms with Crippen LogP contribution < -0.4 is 0 Å². The zero-order valence-corrected chi connectivity index (χ0v) is 37.3. The number of hydrogen-bond acceptors (Lipinski definition) is 15. The van der Waals surface area contributed by atoms with Gasteiger partial charge in [0.05, 0.1) is 143 Å². The largest absolute Gasteiger partial charge is 0.394 e. The molecule has 0 aromatic rings. The normalized spacial score (nSPS) is 11.7. The van der Waals surface area contributed by atoms with E-state index in [4.69, 9.17) is 68.5 Å². The second kappa shape index (κ2) is 62.6. The lowest BCUT2D eigenvalue weighted by molar-refractivity contribution is -0.0199. The molecule has 0 radical (unpaired) electrons. The Morgan fingerprint density at radius 1 is 0.400 bits per heavy atom. The van der Waals surface area contributed by atoms with Gasteiger partial charge < -0.3 is 73.3 Å². The van der Waals surface area contributed by atoms with Gasteiger partial charge in [0.25, 0.3) is 0 Å². The van der Waals surface area contributed by atoms with E-state index in [1.54, 1.807) is 0 Å². The molecule has 0 heterocycles. The molecule has 15 nitrogen and oxygen atoms in total. The third kappa shape index (κ3) is 95.7. The predicted molar refractivity (Wildman–Crippen MR) is 220 cm³/mol. The van der Waals surface area contributed by atoms with Crippen LogP contribution in [0.4, 0.5) is 0 Å². The molecule has 0 spiro atoms. The highest BCUT2D eigenvalue weighted by molar-refractivity contribution is 4.57. The van der Waals surface area contributed by atoms with Gasteiger partial charge in [0.2, 0.25) is 0 Å². The van der Waals surface area contributed by atoms with Crippen molar-refractivity contribution in [3.63, 3.8) is 0 Å². The molecule has 0 aromatic carbocycles. The third-order valence-electron chi connectivity index (χ3n) is 5.83. The van der Waals surface area contributed by atoms with E-state index in [1.165, 1.54) is 0 Å². The molecule has 0 fully saturated rings. The monoisotopic (exact) mass is 813 g/mol. The van der Waals surface area contributed by atoms with E-state index in [0.29, 0.717) is 91.5 Å². The minimum Gasteiger partial charge on any atom is -0.394 e. The highest BCUT2D eigenvalue weighted by atomic mass is 16.5. The van der Waals surface area contributed by atoms with Gasteiger partial charge in [-0.3, -0.25) is 0 Å². The molecule has 0 aliphatic heterocycles. The maximum Gasteiger partial charge on any atom is 0.0704 e. The standard InChI is InChI=1S/C8H18O3.C8H18O.2C7H16O3.C6H14O2.C4H10O3/c1-2-3-5-10-7-8-11-6-4-9;1-5-7(3)9-8(4)6-2;1-7(2)10-6-5-9-4-3-8;1-2-4-9-6-7-10-5-3-8;1-6(2,3)8-5-4-7;5-1-3-7-4-2-6/h9H,2-8H2,1H3;7-8H,5-6H2,1-4H3;7-8H,3-6H2,1-2H3;8H,2-7H2,1H3;7H,4-5H2,1-3H3;5-6H,1-4H2. The van der Waals surface area contributed by atoms with Gasteiger partial charge in [-0.15, -0.1) is 0 Å². The fourth-order valence-corrected chi connectivity index (χ4v) is 2.85. The summed E-state index contributed by atoms with van der Waals surface area (Å²) in [5.41, 5.74) is -0.108. The van der Waals surface area contributed by atoms with Crippen LogP contribution in [0.5, 0.6) is 0 Å². The van der Waals surface area contributed by atoms with Gasteiger partial charge in [0.15, 0.2) is 0 Å². The lowest BCUT2D eigenvalue weighted by atomic mass is 10.2. The molecule has 2 unspecified atom stereocenters. The Morgan fingerprint density at radius 3 is 1.00 bits per heavy atom. The number of ether oxygens (including phenoxy) is 9. The van der Waals surface area contributed by atoms with Crippen LogP contribution in [0.25, 0.3) is 0 Å². The van der Waals surface area contributed by atoms with Crippen LogP contribution in [0.1, 0.15) is 108 Å². The van der Waals surface area contributed by atoms with E-state index in [0.717, 1.165) is 45.3 Å². The zero-order valence-electron chi connectivity index (χ0n) is 37.3. The first kappa shape index (κ1) is 66.2. The molecule has 2 atom stereocenters. The van der Waals surface area contributed by atoms with E-state index in [2.05, 4.69) is 46.3 Å². The molecular formula is C40H92O15. The van der Waals surface area contributed by atoms with Crippen LogP contribution in [0.3, 0.4) is 0 Å². The number of hydrogen-bond donors (Lipinski definition) is 6. The van der Waals surface area contributed by atoms with Crippen molar-refractivity contribution < 1.29 is 73.3 Å². The van der Waals surface area contributed by atoms with Crippen molar-refractivity contribution in [2.24, 2.45) is 0 Å². The molecule has 342 valence electrons. The summed E-state index contributed by atoms with van der Waals surface area (Å²) in [5.74, 6) is 0. The van der Waals surface area contributed by atoms with Crippen LogP contribution in [-0.4, -0.2) is 187 Å². The average Bonchev–Trinajstić information content (AvgIpc) is 3.16. The second-order valence-electron chi connectivity index (χ2n) is 12.8. The number of aliphatic hydroxyl groups is 6. The highest BCUT2D eigenvalue weighted by Gasteiger charge is 2.07. The molecule has 0 saturated carbocycles. The first-order chi connectivity index (χ1) is 26.3. The summed E-state index contributed by atoms with van der Waals surface area (Å²) in [6.07, 6.45) is 6.67. The Morgan fingerprint density at radius 2 is 0.727 bits per heavy atom. The first-order valence-corrected chi connectivity index (χ1v) is 20.3. The molecule has 0 amide bonds. The predicted octanol–water partition coefficient (Wildman–Crippen LogP) is 4.04. The van der Waals surface area contributed by atoms with Gasteiger partial charge in [0, 0.05) is 13.2 Å². The lowest BCUT2D eigenvalue weighted by Gasteiger charge is -2.18. The maximum absolute atomic E-state index is 8.34. The Labute approximate surface area is 337 Å². The van der Waals surface area contributed by atoms with Crippen LogP contribution in [0.2, 0.25) is 0 Å². The van der Waals surface area contributed by atoms with E-state index >= 15 is 0 Å². The molecule has 55 heavy (non-hydrogen) atoms. The van der Waals surface area contributed by atoms with E-state index in [1.807, 2.05) is 34.6 Å². The SMILES string of the molecule is CC(C)(C)OCCO.CC(C)OCCOCCO.CCC(C)OC(C)CC.CCCCOCCOCCO.CCCOCCOCCO.OCCOCCO. The van der Waals surface area contributed by atoms with Crippen molar-refractivity contribution in [3.05, 3.63) is 0 Å². The van der Waals surface area contributed by atoms with Gasteiger partial charge in [0.1, 0.15) is 0 Å². The van der Waals surface area contributed by atoms with Crippen molar-refractivity contribution in [2.45, 2.75) is 132 Å².